The minimum atomic E-state index is 0.277. The number of nitrogens with zero attached hydrogens (tertiary/aromatic N) is 1. The molecule has 1 aromatic carbocycles. The molecule has 0 bridgehead atoms. The SMILES string of the molecule is CCOC1CCCN(C(CN)c2ccccc2Br)C1. The van der Waals surface area contributed by atoms with Crippen LogP contribution in [0.15, 0.2) is 28.7 Å². The van der Waals surface area contributed by atoms with E-state index in [4.69, 9.17) is 10.5 Å². The van der Waals surface area contributed by atoms with Crippen molar-refractivity contribution in [2.75, 3.05) is 26.2 Å². The molecular weight excluding hydrogens is 304 g/mol. The first-order chi connectivity index (χ1) is 9.26. The molecule has 0 aromatic heterocycles. The highest BCUT2D eigenvalue weighted by molar-refractivity contribution is 9.10. The number of nitrogens with two attached hydrogens (primary N) is 1. The number of ether oxygens (including phenoxy) is 1. The molecule has 0 saturated carbocycles. The third-order valence-electron chi connectivity index (χ3n) is 3.74. The van der Waals surface area contributed by atoms with Crippen molar-refractivity contribution in [1.29, 1.82) is 0 Å². The monoisotopic (exact) mass is 326 g/mol. The summed E-state index contributed by atoms with van der Waals surface area (Å²) in [6.45, 7) is 5.58. The third-order valence-corrected chi connectivity index (χ3v) is 4.46. The normalized spacial score (nSPS) is 22.4. The van der Waals surface area contributed by atoms with Gasteiger partial charge in [0.2, 0.25) is 0 Å². The Hall–Kier alpha value is -0.420. The van der Waals surface area contributed by atoms with Crippen LogP contribution in [0.4, 0.5) is 0 Å². The fraction of sp³-hybridized carbons (Fsp3) is 0.600. The lowest BCUT2D eigenvalue weighted by Crippen LogP contribution is -2.44. The van der Waals surface area contributed by atoms with E-state index in [1.807, 2.05) is 6.07 Å². The van der Waals surface area contributed by atoms with Crippen molar-refractivity contribution in [3.8, 4) is 0 Å². The number of hydrogen-bond donors (Lipinski definition) is 1. The first-order valence-electron chi connectivity index (χ1n) is 7.06. The summed E-state index contributed by atoms with van der Waals surface area (Å²) < 4.78 is 6.92. The van der Waals surface area contributed by atoms with Crippen LogP contribution in [0.25, 0.3) is 0 Å². The molecule has 1 aromatic rings. The summed E-state index contributed by atoms with van der Waals surface area (Å²) in [5.74, 6) is 0. The lowest BCUT2D eigenvalue weighted by atomic mass is 10.0. The number of hydrogen-bond acceptors (Lipinski definition) is 3. The fourth-order valence-corrected chi connectivity index (χ4v) is 3.39. The highest BCUT2D eigenvalue weighted by Gasteiger charge is 2.27. The molecule has 3 nitrogen and oxygen atoms in total. The van der Waals surface area contributed by atoms with Crippen molar-refractivity contribution in [3.05, 3.63) is 34.3 Å². The van der Waals surface area contributed by atoms with Gasteiger partial charge < -0.3 is 10.5 Å². The van der Waals surface area contributed by atoms with Crippen molar-refractivity contribution in [3.63, 3.8) is 0 Å². The maximum absolute atomic E-state index is 6.02. The van der Waals surface area contributed by atoms with Gasteiger partial charge >= 0.3 is 0 Å². The molecule has 0 aliphatic carbocycles. The maximum atomic E-state index is 6.02. The molecule has 1 fully saturated rings. The van der Waals surface area contributed by atoms with Gasteiger partial charge in [-0.3, -0.25) is 4.90 Å². The minimum absolute atomic E-state index is 0.277. The van der Waals surface area contributed by atoms with Crippen LogP contribution in [0.1, 0.15) is 31.4 Å². The standard InChI is InChI=1S/C15H23BrN2O/c1-2-19-12-6-5-9-18(11-12)15(10-17)13-7-3-4-8-14(13)16/h3-4,7-8,12,15H,2,5-6,9-11,17H2,1H3. The third kappa shape index (κ3) is 3.78. The van der Waals surface area contributed by atoms with Crippen molar-refractivity contribution in [2.24, 2.45) is 5.73 Å². The smallest absolute Gasteiger partial charge is 0.0702 e. The lowest BCUT2D eigenvalue weighted by Gasteiger charge is -2.38. The largest absolute Gasteiger partial charge is 0.377 e. The zero-order valence-electron chi connectivity index (χ0n) is 11.5. The number of benzene rings is 1. The topological polar surface area (TPSA) is 38.5 Å². The quantitative estimate of drug-likeness (QED) is 0.904. The average Bonchev–Trinajstić information content (AvgIpc) is 2.43. The van der Waals surface area contributed by atoms with Gasteiger partial charge in [0.15, 0.2) is 0 Å². The maximum Gasteiger partial charge on any atom is 0.0702 e. The zero-order valence-corrected chi connectivity index (χ0v) is 13.1. The molecule has 1 aliphatic heterocycles. The van der Waals surface area contributed by atoms with Gasteiger partial charge in [-0.2, -0.15) is 0 Å². The molecule has 4 heteroatoms. The van der Waals surface area contributed by atoms with Crippen LogP contribution in [-0.2, 0) is 4.74 Å². The van der Waals surface area contributed by atoms with E-state index in [9.17, 15) is 0 Å². The zero-order chi connectivity index (χ0) is 13.7. The molecule has 2 unspecified atom stereocenters. The van der Waals surface area contributed by atoms with Crippen LogP contribution in [0.5, 0.6) is 0 Å². The average molecular weight is 327 g/mol. The highest BCUT2D eigenvalue weighted by atomic mass is 79.9. The molecule has 2 N–H and O–H groups in total. The van der Waals surface area contributed by atoms with E-state index in [-0.39, 0.29) is 6.04 Å². The molecule has 106 valence electrons. The van der Waals surface area contributed by atoms with Crippen LogP contribution in [0.3, 0.4) is 0 Å². The van der Waals surface area contributed by atoms with E-state index in [0.29, 0.717) is 12.6 Å². The number of rotatable bonds is 5. The van der Waals surface area contributed by atoms with Gasteiger partial charge in [0.1, 0.15) is 0 Å². The van der Waals surface area contributed by atoms with Gasteiger partial charge in [-0.05, 0) is 37.9 Å². The van der Waals surface area contributed by atoms with E-state index in [1.54, 1.807) is 0 Å². The first-order valence-corrected chi connectivity index (χ1v) is 7.85. The Kier molecular flexibility index (Phi) is 5.82. The van der Waals surface area contributed by atoms with Crippen molar-refractivity contribution in [2.45, 2.75) is 31.9 Å². The van der Waals surface area contributed by atoms with E-state index in [2.05, 4.69) is 46.0 Å². The molecule has 1 aliphatic rings. The molecule has 19 heavy (non-hydrogen) atoms. The summed E-state index contributed by atoms with van der Waals surface area (Å²) in [5, 5.41) is 0. The van der Waals surface area contributed by atoms with Gasteiger partial charge in [-0.15, -0.1) is 0 Å². The Morgan fingerprint density at radius 1 is 1.47 bits per heavy atom. The van der Waals surface area contributed by atoms with E-state index < -0.39 is 0 Å². The second kappa shape index (κ2) is 7.39. The molecule has 1 saturated heterocycles. The summed E-state index contributed by atoms with van der Waals surface area (Å²) in [5.41, 5.74) is 7.30. The molecule has 0 amide bonds. The second-order valence-electron chi connectivity index (χ2n) is 4.99. The van der Waals surface area contributed by atoms with E-state index in [1.165, 1.54) is 12.0 Å². The van der Waals surface area contributed by atoms with Crippen LogP contribution in [0.2, 0.25) is 0 Å². The Balaban J connectivity index is 2.11. The highest BCUT2D eigenvalue weighted by Crippen LogP contribution is 2.29. The summed E-state index contributed by atoms with van der Waals surface area (Å²) in [7, 11) is 0. The summed E-state index contributed by atoms with van der Waals surface area (Å²) in [6.07, 6.45) is 2.71. The molecule has 1 heterocycles. The van der Waals surface area contributed by atoms with E-state index in [0.717, 1.165) is 30.6 Å². The van der Waals surface area contributed by atoms with Gasteiger partial charge in [-0.1, -0.05) is 34.1 Å². The molecule has 0 spiro atoms. The van der Waals surface area contributed by atoms with Crippen LogP contribution >= 0.6 is 15.9 Å². The second-order valence-corrected chi connectivity index (χ2v) is 5.84. The van der Waals surface area contributed by atoms with Crippen LogP contribution in [-0.4, -0.2) is 37.2 Å². The Labute approximate surface area is 124 Å². The lowest BCUT2D eigenvalue weighted by molar-refractivity contribution is -0.00668. The summed E-state index contributed by atoms with van der Waals surface area (Å²) >= 11 is 3.64. The van der Waals surface area contributed by atoms with Crippen molar-refractivity contribution in [1.82, 2.24) is 4.90 Å². The number of likely N-dealkylation sites (tertiary alicyclic amines) is 1. The molecule has 2 atom stereocenters. The Bertz CT molecular complexity index is 397. The van der Waals surface area contributed by atoms with Gasteiger partial charge in [-0.25, -0.2) is 0 Å². The fourth-order valence-electron chi connectivity index (χ4n) is 2.84. The minimum Gasteiger partial charge on any atom is -0.377 e. The predicted octanol–water partition coefficient (Wildman–Crippen LogP) is 2.95. The molecule has 0 radical (unpaired) electrons. The van der Waals surface area contributed by atoms with Crippen LogP contribution < -0.4 is 5.73 Å². The van der Waals surface area contributed by atoms with Crippen molar-refractivity contribution < 1.29 is 4.74 Å². The van der Waals surface area contributed by atoms with Gasteiger partial charge in [0.25, 0.3) is 0 Å². The summed E-state index contributed by atoms with van der Waals surface area (Å²) in [6, 6.07) is 8.64. The van der Waals surface area contributed by atoms with Crippen LogP contribution in [0, 0.1) is 0 Å². The number of piperidine rings is 1. The molecular formula is C15H23BrN2O. The van der Waals surface area contributed by atoms with Crippen molar-refractivity contribution >= 4 is 15.9 Å². The van der Waals surface area contributed by atoms with E-state index >= 15 is 0 Å². The molecule has 2 rings (SSSR count). The van der Waals surface area contributed by atoms with Gasteiger partial charge in [0.05, 0.1) is 6.10 Å². The summed E-state index contributed by atoms with van der Waals surface area (Å²) in [4.78, 5) is 2.46. The Morgan fingerprint density at radius 3 is 2.95 bits per heavy atom. The number of halogens is 1. The first kappa shape index (κ1) is 15.0. The Morgan fingerprint density at radius 2 is 2.26 bits per heavy atom. The van der Waals surface area contributed by atoms with Gasteiger partial charge in [0, 0.05) is 30.2 Å². The predicted molar refractivity (Wildman–Crippen MR) is 82.2 cm³/mol.